The lowest BCUT2D eigenvalue weighted by atomic mass is 9.95. The van der Waals surface area contributed by atoms with Gasteiger partial charge in [0.25, 0.3) is 5.89 Å². The van der Waals surface area contributed by atoms with Gasteiger partial charge >= 0.3 is 13.8 Å². The molecule has 0 unspecified atom stereocenters. The van der Waals surface area contributed by atoms with Crippen LogP contribution < -0.4 is 9.84 Å². The summed E-state index contributed by atoms with van der Waals surface area (Å²) in [4.78, 5) is 46.2. The van der Waals surface area contributed by atoms with Crippen LogP contribution in [0.3, 0.4) is 0 Å². The lowest BCUT2D eigenvalue weighted by Gasteiger charge is -2.18. The first-order chi connectivity index (χ1) is 17.4. The Balaban J connectivity index is 1.68. The van der Waals surface area contributed by atoms with Gasteiger partial charge in [0.15, 0.2) is 5.82 Å². The number of aromatic nitrogens is 2. The molecule has 12 nitrogen and oxygen atoms in total. The first kappa shape index (κ1) is 28.6. The van der Waals surface area contributed by atoms with Crippen LogP contribution in [0.5, 0.6) is 5.75 Å². The predicted molar refractivity (Wildman–Crippen MR) is 130 cm³/mol. The minimum atomic E-state index is -4.73. The molecular weight excluding hydrogens is 552 g/mol. The van der Waals surface area contributed by atoms with E-state index in [1.165, 1.54) is 24.3 Å². The highest BCUT2D eigenvalue weighted by atomic mass is 35.5. The molecule has 1 aromatic heterocycles. The van der Waals surface area contributed by atoms with Gasteiger partial charge in [-0.3, -0.25) is 19.4 Å². The third kappa shape index (κ3) is 8.81. The van der Waals surface area contributed by atoms with E-state index in [1.807, 2.05) is 0 Å². The Morgan fingerprint density at radius 2 is 1.76 bits per heavy atom. The number of phosphoric acid groups is 1. The molecule has 37 heavy (non-hydrogen) atoms. The van der Waals surface area contributed by atoms with Crippen LogP contribution in [0.2, 0.25) is 10.0 Å². The second-order valence-electron chi connectivity index (χ2n) is 7.94. The van der Waals surface area contributed by atoms with E-state index in [-0.39, 0.29) is 30.3 Å². The average Bonchev–Trinajstić information content (AvgIpc) is 3.27. The van der Waals surface area contributed by atoms with E-state index >= 15 is 0 Å². The quantitative estimate of drug-likeness (QED) is 0.200. The maximum absolute atomic E-state index is 12.9. The summed E-state index contributed by atoms with van der Waals surface area (Å²) in [5, 5.41) is 26.2. The number of phosphoric ester groups is 1. The molecule has 5 N–H and O–H groups in total. The van der Waals surface area contributed by atoms with Crippen molar-refractivity contribution < 1.29 is 43.2 Å². The lowest BCUT2D eigenvalue weighted by Crippen LogP contribution is -2.37. The summed E-state index contributed by atoms with van der Waals surface area (Å²) < 4.78 is 20.6. The summed E-state index contributed by atoms with van der Waals surface area (Å²) in [5.41, 5.74) is 1.27. The van der Waals surface area contributed by atoms with E-state index in [2.05, 4.69) is 20.0 Å². The third-order valence-corrected chi connectivity index (χ3v) is 6.24. The Bertz CT molecular complexity index is 1300. The van der Waals surface area contributed by atoms with Gasteiger partial charge in [-0.2, -0.15) is 4.98 Å². The number of halogens is 2. The summed E-state index contributed by atoms with van der Waals surface area (Å²) in [7, 11) is -4.73. The number of aliphatic hydroxyl groups excluding tert-OH is 1. The molecule has 0 saturated heterocycles. The van der Waals surface area contributed by atoms with Gasteiger partial charge in [-0.15, -0.1) is 0 Å². The first-order valence-corrected chi connectivity index (χ1v) is 13.0. The van der Waals surface area contributed by atoms with Crippen molar-refractivity contribution in [1.29, 1.82) is 0 Å². The third-order valence-electron chi connectivity index (χ3n) is 5.05. The van der Waals surface area contributed by atoms with Gasteiger partial charge in [-0.05, 0) is 41.8 Å². The van der Waals surface area contributed by atoms with Crippen LogP contribution in [0.1, 0.15) is 35.3 Å². The van der Waals surface area contributed by atoms with E-state index in [0.29, 0.717) is 15.6 Å². The van der Waals surface area contributed by atoms with Crippen LogP contribution in [0.15, 0.2) is 47.0 Å². The zero-order valence-corrected chi connectivity index (χ0v) is 21.4. The molecule has 0 spiro atoms. The number of rotatable bonds is 12. The van der Waals surface area contributed by atoms with Crippen LogP contribution in [-0.4, -0.2) is 48.6 Å². The normalized spacial score (nSPS) is 13.1. The molecular formula is C22H22Cl2N3O9P. The number of carboxylic acid groups (broad SMARTS) is 1. The Morgan fingerprint density at radius 3 is 2.35 bits per heavy atom. The number of aliphatic carboxylic acids is 1. The van der Waals surface area contributed by atoms with Gasteiger partial charge in [0, 0.05) is 6.42 Å². The Hall–Kier alpha value is -2.99. The van der Waals surface area contributed by atoms with Crippen LogP contribution in [-0.2, 0) is 27.0 Å². The van der Waals surface area contributed by atoms with Gasteiger partial charge in [0.05, 0.1) is 29.0 Å². The highest BCUT2D eigenvalue weighted by molar-refractivity contribution is 7.46. The summed E-state index contributed by atoms with van der Waals surface area (Å²) in [6.45, 7) is -0.589. The number of hydrogen-bond acceptors (Lipinski definition) is 8. The monoisotopic (exact) mass is 573 g/mol. The summed E-state index contributed by atoms with van der Waals surface area (Å²) in [5.74, 6) is -2.84. The second-order valence-corrected chi connectivity index (χ2v) is 9.92. The topological polar surface area (TPSA) is 192 Å². The Morgan fingerprint density at radius 1 is 1.08 bits per heavy atom. The molecule has 0 fully saturated rings. The Kier molecular flexibility index (Phi) is 9.66. The molecule has 0 aliphatic heterocycles. The number of benzene rings is 2. The SMILES string of the molecule is O=C(O)C[C@@H](Cc1ccc(OP(=O)(O)O)cc1)C(=O)N[C@@H](CO)c1nc(Cc2ccc(Cl)c(Cl)c2)no1. The molecule has 1 heterocycles. The number of amides is 1. The molecule has 0 aliphatic rings. The minimum Gasteiger partial charge on any atom is -0.481 e. The van der Waals surface area contributed by atoms with E-state index in [9.17, 15) is 24.4 Å². The van der Waals surface area contributed by atoms with Gasteiger partial charge in [-0.25, -0.2) is 4.57 Å². The summed E-state index contributed by atoms with van der Waals surface area (Å²) in [6, 6.07) is 9.39. The summed E-state index contributed by atoms with van der Waals surface area (Å²) in [6.07, 6.45) is -0.286. The maximum Gasteiger partial charge on any atom is 0.524 e. The van der Waals surface area contributed by atoms with Gasteiger partial charge < -0.3 is 24.6 Å². The first-order valence-electron chi connectivity index (χ1n) is 10.7. The average molecular weight is 574 g/mol. The number of carboxylic acids is 1. The molecule has 0 radical (unpaired) electrons. The molecule has 198 valence electrons. The fraction of sp³-hybridized carbons (Fsp3) is 0.273. The van der Waals surface area contributed by atoms with Gasteiger partial charge in [0.1, 0.15) is 11.8 Å². The van der Waals surface area contributed by atoms with Crippen molar-refractivity contribution in [3.63, 3.8) is 0 Å². The van der Waals surface area contributed by atoms with Gasteiger partial charge in [-0.1, -0.05) is 46.6 Å². The zero-order chi connectivity index (χ0) is 27.2. The molecule has 1 amide bonds. The highest BCUT2D eigenvalue weighted by Gasteiger charge is 2.27. The molecule has 2 atom stereocenters. The molecule has 0 bridgehead atoms. The number of nitrogens with one attached hydrogen (secondary N) is 1. The van der Waals surface area contributed by atoms with Crippen LogP contribution in [0.25, 0.3) is 0 Å². The number of carbonyl (C=O) groups excluding carboxylic acids is 1. The standard InChI is InChI=1S/C22H22Cl2N3O9P/c23-16-6-3-13(8-17(16)24)9-19-26-22(35-27-19)18(11-28)25-21(31)14(10-20(29)30)7-12-1-4-15(5-2-12)36-37(32,33)34/h1-6,8,14,18,28H,7,9-11H2,(H,25,31)(H,29,30)(H2,32,33,34)/t14-,18+/m1/s1. The smallest absolute Gasteiger partial charge is 0.481 e. The van der Waals surface area contributed by atoms with Crippen molar-refractivity contribution in [3.05, 3.63) is 75.4 Å². The van der Waals surface area contributed by atoms with Crippen LogP contribution >= 0.6 is 31.0 Å². The number of nitrogens with zero attached hydrogens (tertiary/aromatic N) is 2. The maximum atomic E-state index is 12.9. The van der Waals surface area contributed by atoms with Crippen LogP contribution in [0, 0.1) is 5.92 Å². The van der Waals surface area contributed by atoms with Crippen molar-refractivity contribution in [2.24, 2.45) is 5.92 Å². The Labute approximate surface area is 220 Å². The van der Waals surface area contributed by atoms with Crippen LogP contribution in [0.4, 0.5) is 0 Å². The fourth-order valence-corrected chi connectivity index (χ4v) is 4.08. The largest absolute Gasteiger partial charge is 0.524 e. The molecule has 15 heteroatoms. The number of aliphatic hydroxyl groups is 1. The van der Waals surface area contributed by atoms with Crippen molar-refractivity contribution in [2.45, 2.75) is 25.3 Å². The lowest BCUT2D eigenvalue weighted by molar-refractivity contribution is -0.141. The number of hydrogen-bond donors (Lipinski definition) is 5. The van der Waals surface area contributed by atoms with Crippen molar-refractivity contribution in [1.82, 2.24) is 15.5 Å². The molecule has 3 rings (SSSR count). The number of carbonyl (C=O) groups is 2. The van der Waals surface area contributed by atoms with E-state index in [0.717, 1.165) is 5.56 Å². The van der Waals surface area contributed by atoms with Gasteiger partial charge in [0.2, 0.25) is 5.91 Å². The van der Waals surface area contributed by atoms with E-state index in [4.69, 9.17) is 37.5 Å². The minimum absolute atomic E-state index is 0.0150. The predicted octanol–water partition coefficient (Wildman–Crippen LogP) is 2.92. The van der Waals surface area contributed by atoms with Crippen molar-refractivity contribution >= 4 is 42.9 Å². The second kappa shape index (κ2) is 12.5. The molecule has 2 aromatic carbocycles. The summed E-state index contributed by atoms with van der Waals surface area (Å²) >= 11 is 11.9. The zero-order valence-electron chi connectivity index (χ0n) is 19.0. The molecule has 0 saturated carbocycles. The molecule has 3 aromatic rings. The fourth-order valence-electron chi connectivity index (χ4n) is 3.36. The highest BCUT2D eigenvalue weighted by Crippen LogP contribution is 2.37. The molecule has 0 aliphatic carbocycles. The van der Waals surface area contributed by atoms with E-state index in [1.54, 1.807) is 18.2 Å². The van der Waals surface area contributed by atoms with Crippen molar-refractivity contribution in [3.8, 4) is 5.75 Å². The van der Waals surface area contributed by atoms with E-state index < -0.39 is 44.7 Å². The van der Waals surface area contributed by atoms with Crippen molar-refractivity contribution in [2.75, 3.05) is 6.61 Å².